The number of methoxy groups -OCH3 is 1. The Morgan fingerprint density at radius 3 is 3.20 bits per heavy atom. The van der Waals surface area contributed by atoms with Gasteiger partial charge in [-0.2, -0.15) is 0 Å². The van der Waals surface area contributed by atoms with E-state index in [1.807, 2.05) is 11.4 Å². The molecular formula is C10H11ClN2OS. The van der Waals surface area contributed by atoms with E-state index in [2.05, 4.69) is 9.97 Å². The van der Waals surface area contributed by atoms with Crippen molar-refractivity contribution in [2.75, 3.05) is 13.7 Å². The summed E-state index contributed by atoms with van der Waals surface area (Å²) in [6.07, 6.45) is 2.30. The Labute approximate surface area is 97.1 Å². The Balaban J connectivity index is 2.23. The lowest BCUT2D eigenvalue weighted by atomic mass is 10.2. The van der Waals surface area contributed by atoms with Crippen molar-refractivity contribution in [3.8, 4) is 0 Å². The van der Waals surface area contributed by atoms with Crippen LogP contribution in [0.15, 0.2) is 17.8 Å². The molecule has 1 atom stereocenters. The highest BCUT2D eigenvalue weighted by molar-refractivity contribution is 7.17. The summed E-state index contributed by atoms with van der Waals surface area (Å²) >= 11 is 7.75. The van der Waals surface area contributed by atoms with E-state index in [1.54, 1.807) is 24.8 Å². The van der Waals surface area contributed by atoms with Crippen molar-refractivity contribution in [2.45, 2.75) is 11.8 Å². The number of rotatable bonds is 4. The molecule has 0 aliphatic heterocycles. The van der Waals surface area contributed by atoms with Gasteiger partial charge < -0.3 is 4.74 Å². The maximum atomic E-state index is 6.10. The van der Waals surface area contributed by atoms with E-state index in [9.17, 15) is 0 Å². The number of alkyl halides is 1. The van der Waals surface area contributed by atoms with Crippen LogP contribution in [0.25, 0.3) is 10.2 Å². The smallest absolute Gasteiger partial charge is 0.116 e. The molecule has 1 unspecified atom stereocenters. The number of aromatic nitrogens is 2. The topological polar surface area (TPSA) is 35.0 Å². The Hall–Kier alpha value is -0.710. The molecule has 0 amide bonds. The predicted molar refractivity (Wildman–Crippen MR) is 62.6 cm³/mol. The number of nitrogens with zero attached hydrogens (tertiary/aromatic N) is 2. The van der Waals surface area contributed by atoms with Crippen molar-refractivity contribution in [1.82, 2.24) is 9.97 Å². The molecule has 0 aliphatic rings. The number of halogens is 1. The van der Waals surface area contributed by atoms with Gasteiger partial charge in [0.05, 0.1) is 27.9 Å². The third kappa shape index (κ3) is 2.45. The van der Waals surface area contributed by atoms with Gasteiger partial charge in [0.1, 0.15) is 6.33 Å². The van der Waals surface area contributed by atoms with Crippen LogP contribution in [0.3, 0.4) is 0 Å². The molecule has 0 radical (unpaired) electrons. The van der Waals surface area contributed by atoms with E-state index in [4.69, 9.17) is 16.3 Å². The van der Waals surface area contributed by atoms with Crippen LogP contribution < -0.4 is 0 Å². The normalized spacial score (nSPS) is 13.2. The molecular weight excluding hydrogens is 232 g/mol. The number of thiophene rings is 1. The Kier molecular flexibility index (Phi) is 3.51. The van der Waals surface area contributed by atoms with Crippen molar-refractivity contribution in [2.24, 2.45) is 0 Å². The minimum Gasteiger partial charge on any atom is -0.383 e. The van der Waals surface area contributed by atoms with Gasteiger partial charge >= 0.3 is 0 Å². The first-order chi connectivity index (χ1) is 7.31. The molecule has 0 N–H and O–H groups in total. The minimum absolute atomic E-state index is 0.0322. The fraction of sp³-hybridized carbons (Fsp3) is 0.400. The average molecular weight is 243 g/mol. The first-order valence-electron chi connectivity index (χ1n) is 4.61. The number of fused-ring (bicyclic) bond motifs is 1. The van der Waals surface area contributed by atoms with Crippen LogP contribution in [0.1, 0.15) is 5.69 Å². The fourth-order valence-corrected chi connectivity index (χ4v) is 2.55. The van der Waals surface area contributed by atoms with Gasteiger partial charge in [0, 0.05) is 13.5 Å². The first-order valence-corrected chi connectivity index (χ1v) is 5.93. The Morgan fingerprint density at radius 1 is 1.53 bits per heavy atom. The van der Waals surface area contributed by atoms with E-state index < -0.39 is 0 Å². The fourth-order valence-electron chi connectivity index (χ4n) is 1.43. The van der Waals surface area contributed by atoms with E-state index in [0.29, 0.717) is 6.61 Å². The Bertz CT molecular complexity index is 446. The number of hydrogen-bond donors (Lipinski definition) is 0. The Morgan fingerprint density at radius 2 is 2.40 bits per heavy atom. The van der Waals surface area contributed by atoms with E-state index in [-0.39, 0.29) is 5.38 Å². The number of ether oxygens (including phenoxy) is 1. The first kappa shape index (κ1) is 10.8. The maximum absolute atomic E-state index is 6.10. The van der Waals surface area contributed by atoms with Gasteiger partial charge in [-0.05, 0) is 11.4 Å². The summed E-state index contributed by atoms with van der Waals surface area (Å²) in [4.78, 5) is 8.44. The molecule has 2 aromatic heterocycles. The molecule has 5 heteroatoms. The minimum atomic E-state index is -0.0322. The standard InChI is InChI=1S/C10H11ClN2OS/c1-14-5-7(11)4-9-10-8(2-3-15-10)12-6-13-9/h2-3,6-7H,4-5H2,1H3. The highest BCUT2D eigenvalue weighted by Gasteiger charge is 2.10. The van der Waals surface area contributed by atoms with Crippen molar-refractivity contribution in [1.29, 1.82) is 0 Å². The summed E-state index contributed by atoms with van der Waals surface area (Å²) in [6.45, 7) is 0.540. The lowest BCUT2D eigenvalue weighted by Gasteiger charge is -2.07. The van der Waals surface area contributed by atoms with Crippen molar-refractivity contribution >= 4 is 33.2 Å². The van der Waals surface area contributed by atoms with Crippen LogP contribution in [-0.2, 0) is 11.2 Å². The molecule has 3 nitrogen and oxygen atoms in total. The summed E-state index contributed by atoms with van der Waals surface area (Å²) in [5, 5.41) is 1.98. The molecule has 0 saturated carbocycles. The van der Waals surface area contributed by atoms with Crippen LogP contribution >= 0.6 is 22.9 Å². The van der Waals surface area contributed by atoms with Crippen molar-refractivity contribution in [3.63, 3.8) is 0 Å². The van der Waals surface area contributed by atoms with Crippen LogP contribution in [0.4, 0.5) is 0 Å². The van der Waals surface area contributed by atoms with Crippen LogP contribution in [0, 0.1) is 0 Å². The van der Waals surface area contributed by atoms with Gasteiger partial charge in [0.2, 0.25) is 0 Å². The monoisotopic (exact) mass is 242 g/mol. The third-order valence-electron chi connectivity index (χ3n) is 2.08. The average Bonchev–Trinajstić information content (AvgIpc) is 2.67. The SMILES string of the molecule is COCC(Cl)Cc1ncnc2ccsc12. The summed E-state index contributed by atoms with van der Waals surface area (Å²) in [7, 11) is 1.65. The molecule has 2 heterocycles. The molecule has 2 aromatic rings. The van der Waals surface area contributed by atoms with E-state index >= 15 is 0 Å². The predicted octanol–water partition coefficient (Wildman–Crippen LogP) is 2.49. The lowest BCUT2D eigenvalue weighted by Crippen LogP contribution is -2.11. The zero-order chi connectivity index (χ0) is 10.7. The number of hydrogen-bond acceptors (Lipinski definition) is 4. The quantitative estimate of drug-likeness (QED) is 0.773. The lowest BCUT2D eigenvalue weighted by molar-refractivity contribution is 0.197. The van der Waals surface area contributed by atoms with Crippen LogP contribution in [-0.4, -0.2) is 29.1 Å². The van der Waals surface area contributed by atoms with Gasteiger partial charge in [-0.25, -0.2) is 9.97 Å². The summed E-state index contributed by atoms with van der Waals surface area (Å²) in [5.41, 5.74) is 2.00. The summed E-state index contributed by atoms with van der Waals surface area (Å²) in [5.74, 6) is 0. The second-order valence-electron chi connectivity index (χ2n) is 3.21. The zero-order valence-electron chi connectivity index (χ0n) is 8.31. The van der Waals surface area contributed by atoms with Crippen LogP contribution in [0.2, 0.25) is 0 Å². The second kappa shape index (κ2) is 4.88. The largest absolute Gasteiger partial charge is 0.383 e. The van der Waals surface area contributed by atoms with Gasteiger partial charge in [-0.1, -0.05) is 0 Å². The molecule has 15 heavy (non-hydrogen) atoms. The second-order valence-corrected chi connectivity index (χ2v) is 4.75. The molecule has 0 aromatic carbocycles. The van der Waals surface area contributed by atoms with Crippen LogP contribution in [0.5, 0.6) is 0 Å². The van der Waals surface area contributed by atoms with Gasteiger partial charge in [0.25, 0.3) is 0 Å². The van der Waals surface area contributed by atoms with Gasteiger partial charge in [-0.15, -0.1) is 22.9 Å². The van der Waals surface area contributed by atoms with Crippen molar-refractivity contribution < 1.29 is 4.74 Å². The summed E-state index contributed by atoms with van der Waals surface area (Å²) in [6, 6.07) is 1.99. The maximum Gasteiger partial charge on any atom is 0.116 e. The highest BCUT2D eigenvalue weighted by Crippen LogP contribution is 2.22. The molecule has 0 saturated heterocycles. The molecule has 0 spiro atoms. The molecule has 2 rings (SSSR count). The van der Waals surface area contributed by atoms with E-state index in [0.717, 1.165) is 22.3 Å². The zero-order valence-corrected chi connectivity index (χ0v) is 9.88. The molecule has 80 valence electrons. The van der Waals surface area contributed by atoms with Gasteiger partial charge in [-0.3, -0.25) is 0 Å². The molecule has 0 aliphatic carbocycles. The molecule has 0 fully saturated rings. The highest BCUT2D eigenvalue weighted by atomic mass is 35.5. The summed E-state index contributed by atoms with van der Waals surface area (Å²) < 4.78 is 6.12. The van der Waals surface area contributed by atoms with Gasteiger partial charge in [0.15, 0.2) is 0 Å². The van der Waals surface area contributed by atoms with E-state index in [1.165, 1.54) is 0 Å². The molecule has 0 bridgehead atoms. The van der Waals surface area contributed by atoms with Crippen molar-refractivity contribution in [3.05, 3.63) is 23.5 Å². The third-order valence-corrected chi connectivity index (χ3v) is 3.31.